The maximum atomic E-state index is 10.8. The second kappa shape index (κ2) is 3.31. The highest BCUT2D eigenvalue weighted by atomic mass is 16.4. The van der Waals surface area contributed by atoms with Crippen molar-refractivity contribution in [1.82, 2.24) is 4.90 Å². The first-order valence-corrected chi connectivity index (χ1v) is 4.31. The fourth-order valence-electron chi connectivity index (χ4n) is 1.72. The predicted molar refractivity (Wildman–Crippen MR) is 46.0 cm³/mol. The molecule has 1 aliphatic heterocycles. The Morgan fingerprint density at radius 3 is 2.75 bits per heavy atom. The normalized spacial score (nSPS) is 30.3. The fourth-order valence-corrected chi connectivity index (χ4v) is 1.72. The number of piperidine rings is 1. The lowest BCUT2D eigenvalue weighted by Gasteiger charge is -2.42. The van der Waals surface area contributed by atoms with Crippen LogP contribution >= 0.6 is 0 Å². The predicted octanol–water partition coefficient (Wildman–Crippen LogP) is 0.868. The van der Waals surface area contributed by atoms with Gasteiger partial charge in [-0.25, -0.2) is 4.79 Å². The Labute approximate surface area is 72.3 Å². The van der Waals surface area contributed by atoms with Crippen molar-refractivity contribution in [1.29, 1.82) is 0 Å². The van der Waals surface area contributed by atoms with E-state index >= 15 is 0 Å². The number of rotatable bonds is 1. The van der Waals surface area contributed by atoms with Gasteiger partial charge in [0.2, 0.25) is 0 Å². The number of nitrogens with zero attached hydrogens (tertiary/aromatic N) is 1. The highest BCUT2D eigenvalue weighted by molar-refractivity contribution is 5.66. The van der Waals surface area contributed by atoms with E-state index in [1.54, 1.807) is 0 Å². The Kier molecular flexibility index (Phi) is 2.57. The van der Waals surface area contributed by atoms with Gasteiger partial charge in [0.1, 0.15) is 0 Å². The van der Waals surface area contributed by atoms with Gasteiger partial charge in [0.25, 0.3) is 0 Å². The average Bonchev–Trinajstić information content (AvgIpc) is 2.05. The lowest BCUT2D eigenvalue weighted by Crippen LogP contribution is -2.56. The maximum Gasteiger partial charge on any atom is 0.407 e. The molecule has 70 valence electrons. The van der Waals surface area contributed by atoms with Crippen molar-refractivity contribution < 1.29 is 9.90 Å². The Morgan fingerprint density at radius 1 is 1.67 bits per heavy atom. The molecule has 3 N–H and O–H groups in total. The SMILES string of the molecule is CC1(CN)CCCCN1C(=O)O. The second-order valence-electron chi connectivity index (χ2n) is 3.59. The lowest BCUT2D eigenvalue weighted by molar-refractivity contribution is 0.0624. The molecule has 0 aromatic carbocycles. The van der Waals surface area contributed by atoms with E-state index < -0.39 is 6.09 Å². The Hall–Kier alpha value is -0.770. The summed E-state index contributed by atoms with van der Waals surface area (Å²) < 4.78 is 0. The number of amides is 1. The number of nitrogens with two attached hydrogens (primary N) is 1. The minimum absolute atomic E-state index is 0.329. The van der Waals surface area contributed by atoms with Crippen LogP contribution in [0.25, 0.3) is 0 Å². The van der Waals surface area contributed by atoms with Gasteiger partial charge in [0, 0.05) is 13.1 Å². The first kappa shape index (κ1) is 9.32. The minimum Gasteiger partial charge on any atom is -0.465 e. The van der Waals surface area contributed by atoms with Crippen LogP contribution in [-0.4, -0.2) is 34.7 Å². The number of carboxylic acid groups (broad SMARTS) is 1. The molecular formula is C8H16N2O2. The molecule has 1 unspecified atom stereocenters. The molecule has 4 heteroatoms. The van der Waals surface area contributed by atoms with Crippen LogP contribution in [0.2, 0.25) is 0 Å². The van der Waals surface area contributed by atoms with Crippen LogP contribution in [-0.2, 0) is 0 Å². The molecule has 4 nitrogen and oxygen atoms in total. The van der Waals surface area contributed by atoms with Crippen LogP contribution in [0.5, 0.6) is 0 Å². The minimum atomic E-state index is -0.845. The van der Waals surface area contributed by atoms with Gasteiger partial charge in [-0.05, 0) is 26.2 Å². The Bertz CT molecular complexity index is 184. The highest BCUT2D eigenvalue weighted by Crippen LogP contribution is 2.26. The number of hydrogen-bond donors (Lipinski definition) is 2. The van der Waals surface area contributed by atoms with Crippen molar-refractivity contribution in [3.05, 3.63) is 0 Å². The molecule has 12 heavy (non-hydrogen) atoms. The average molecular weight is 172 g/mol. The van der Waals surface area contributed by atoms with Crippen LogP contribution in [0.4, 0.5) is 4.79 Å². The quantitative estimate of drug-likeness (QED) is 0.616. The molecule has 1 atom stereocenters. The molecule has 0 spiro atoms. The first-order valence-electron chi connectivity index (χ1n) is 4.31. The largest absolute Gasteiger partial charge is 0.465 e. The molecule has 0 radical (unpaired) electrons. The fraction of sp³-hybridized carbons (Fsp3) is 0.875. The van der Waals surface area contributed by atoms with E-state index in [1.807, 2.05) is 6.92 Å². The van der Waals surface area contributed by atoms with Crippen LogP contribution < -0.4 is 5.73 Å². The third-order valence-corrected chi connectivity index (χ3v) is 2.67. The van der Waals surface area contributed by atoms with E-state index in [4.69, 9.17) is 10.8 Å². The summed E-state index contributed by atoms with van der Waals surface area (Å²) in [5.41, 5.74) is 5.23. The smallest absolute Gasteiger partial charge is 0.407 e. The summed E-state index contributed by atoms with van der Waals surface area (Å²) in [7, 11) is 0. The molecule has 0 aromatic rings. The van der Waals surface area contributed by atoms with Crippen molar-refractivity contribution in [2.45, 2.75) is 31.7 Å². The van der Waals surface area contributed by atoms with Gasteiger partial charge in [-0.1, -0.05) is 0 Å². The monoisotopic (exact) mass is 172 g/mol. The van der Waals surface area contributed by atoms with Crippen molar-refractivity contribution in [2.75, 3.05) is 13.1 Å². The first-order chi connectivity index (χ1) is 5.60. The third-order valence-electron chi connectivity index (χ3n) is 2.67. The molecule has 0 saturated carbocycles. The number of carbonyl (C=O) groups is 1. The standard InChI is InChI=1S/C8H16N2O2/c1-8(6-9)4-2-3-5-10(8)7(11)12/h2-6,9H2,1H3,(H,11,12). The summed E-state index contributed by atoms with van der Waals surface area (Å²) in [6, 6.07) is 0. The second-order valence-corrected chi connectivity index (χ2v) is 3.59. The van der Waals surface area contributed by atoms with E-state index in [9.17, 15) is 4.79 Å². The van der Waals surface area contributed by atoms with Crippen molar-refractivity contribution in [2.24, 2.45) is 5.73 Å². The lowest BCUT2D eigenvalue weighted by atomic mass is 9.89. The molecule has 1 amide bonds. The molecule has 1 saturated heterocycles. The van der Waals surface area contributed by atoms with E-state index in [-0.39, 0.29) is 5.54 Å². The molecule has 0 bridgehead atoms. The molecule has 1 fully saturated rings. The van der Waals surface area contributed by atoms with Crippen molar-refractivity contribution in [3.8, 4) is 0 Å². The zero-order chi connectivity index (χ0) is 9.19. The van der Waals surface area contributed by atoms with Crippen LogP contribution in [0.3, 0.4) is 0 Å². The van der Waals surface area contributed by atoms with Gasteiger partial charge in [-0.2, -0.15) is 0 Å². The van der Waals surface area contributed by atoms with Crippen molar-refractivity contribution >= 4 is 6.09 Å². The summed E-state index contributed by atoms with van der Waals surface area (Å²) >= 11 is 0. The van der Waals surface area contributed by atoms with Crippen LogP contribution in [0, 0.1) is 0 Å². The number of hydrogen-bond acceptors (Lipinski definition) is 2. The van der Waals surface area contributed by atoms with E-state index in [0.717, 1.165) is 19.3 Å². The van der Waals surface area contributed by atoms with E-state index in [1.165, 1.54) is 4.90 Å². The van der Waals surface area contributed by atoms with Gasteiger partial charge in [0.05, 0.1) is 5.54 Å². The Balaban J connectivity index is 2.73. The zero-order valence-electron chi connectivity index (χ0n) is 7.42. The summed E-state index contributed by atoms with van der Waals surface area (Å²) in [6.45, 7) is 2.96. The van der Waals surface area contributed by atoms with E-state index in [0.29, 0.717) is 13.1 Å². The Morgan fingerprint density at radius 2 is 2.33 bits per heavy atom. The summed E-state index contributed by atoms with van der Waals surface area (Å²) in [5.74, 6) is 0. The molecule has 0 aliphatic carbocycles. The van der Waals surface area contributed by atoms with Crippen LogP contribution in [0.15, 0.2) is 0 Å². The van der Waals surface area contributed by atoms with Gasteiger partial charge >= 0.3 is 6.09 Å². The van der Waals surface area contributed by atoms with Crippen LogP contribution in [0.1, 0.15) is 26.2 Å². The van der Waals surface area contributed by atoms with Gasteiger partial charge in [0.15, 0.2) is 0 Å². The van der Waals surface area contributed by atoms with Gasteiger partial charge in [-0.15, -0.1) is 0 Å². The van der Waals surface area contributed by atoms with Gasteiger partial charge in [-0.3, -0.25) is 0 Å². The molecule has 1 rings (SSSR count). The summed E-state index contributed by atoms with van der Waals surface area (Å²) in [6.07, 6.45) is 2.08. The summed E-state index contributed by atoms with van der Waals surface area (Å²) in [4.78, 5) is 12.3. The van der Waals surface area contributed by atoms with Crippen molar-refractivity contribution in [3.63, 3.8) is 0 Å². The molecule has 0 aromatic heterocycles. The van der Waals surface area contributed by atoms with E-state index in [2.05, 4.69) is 0 Å². The third kappa shape index (κ3) is 1.53. The zero-order valence-corrected chi connectivity index (χ0v) is 7.42. The molecule has 1 aliphatic rings. The van der Waals surface area contributed by atoms with Gasteiger partial charge < -0.3 is 15.7 Å². The summed E-state index contributed by atoms with van der Waals surface area (Å²) in [5, 5.41) is 8.88. The maximum absolute atomic E-state index is 10.8. The topological polar surface area (TPSA) is 66.6 Å². The number of likely N-dealkylation sites (tertiary alicyclic amines) is 1. The molecule has 1 heterocycles. The molecular weight excluding hydrogens is 156 g/mol. The highest BCUT2D eigenvalue weighted by Gasteiger charge is 2.35.